The van der Waals surface area contributed by atoms with Crippen LogP contribution in [-0.4, -0.2) is 18.5 Å². The molecule has 0 aliphatic rings. The zero-order valence-corrected chi connectivity index (χ0v) is 16.0. The highest BCUT2D eigenvalue weighted by molar-refractivity contribution is 5.98. The summed E-state index contributed by atoms with van der Waals surface area (Å²) in [5.41, 5.74) is 0. The van der Waals surface area contributed by atoms with Gasteiger partial charge in [0.1, 0.15) is 5.75 Å². The first kappa shape index (κ1) is 19.8. The second-order valence-corrected chi connectivity index (χ2v) is 6.75. The minimum atomic E-state index is -0.344. The molecule has 2 aromatic carbocycles. The topological polar surface area (TPSA) is 61.8 Å². The molecule has 0 atom stereocenters. The van der Waals surface area contributed by atoms with Crippen molar-refractivity contribution in [3.8, 4) is 17.2 Å². The van der Waals surface area contributed by atoms with Crippen LogP contribution in [-0.2, 0) is 9.59 Å². The maximum absolute atomic E-state index is 12.2. The summed E-state index contributed by atoms with van der Waals surface area (Å²) in [6, 6.07) is 8.96. The number of rotatable bonds is 7. The van der Waals surface area contributed by atoms with Gasteiger partial charge in [0.25, 0.3) is 0 Å². The van der Waals surface area contributed by atoms with Crippen molar-refractivity contribution in [2.45, 2.75) is 41.0 Å². The zero-order valence-electron chi connectivity index (χ0n) is 16.0. The first-order chi connectivity index (χ1) is 12.3. The van der Waals surface area contributed by atoms with Gasteiger partial charge in [0, 0.05) is 16.8 Å². The molecule has 5 heteroatoms. The molecule has 2 aromatic rings. The van der Waals surface area contributed by atoms with Crippen molar-refractivity contribution in [1.82, 2.24) is 0 Å². The van der Waals surface area contributed by atoms with Crippen LogP contribution in [0.5, 0.6) is 17.2 Å². The van der Waals surface area contributed by atoms with Gasteiger partial charge in [-0.25, -0.2) is 0 Å². The van der Waals surface area contributed by atoms with Crippen LogP contribution in [0.4, 0.5) is 0 Å². The molecule has 0 unspecified atom stereocenters. The zero-order chi connectivity index (χ0) is 19.3. The number of hydrogen-bond donors (Lipinski definition) is 0. The molecule has 140 valence electrons. The lowest BCUT2D eigenvalue weighted by molar-refractivity contribution is -0.138. The number of esters is 2. The van der Waals surface area contributed by atoms with E-state index < -0.39 is 0 Å². The lowest BCUT2D eigenvalue weighted by Gasteiger charge is -2.18. The highest BCUT2D eigenvalue weighted by atomic mass is 16.6. The summed E-state index contributed by atoms with van der Waals surface area (Å²) < 4.78 is 17.0. The second kappa shape index (κ2) is 8.70. The van der Waals surface area contributed by atoms with Crippen LogP contribution in [0.3, 0.4) is 0 Å². The van der Waals surface area contributed by atoms with E-state index in [4.69, 9.17) is 14.2 Å². The quantitative estimate of drug-likeness (QED) is 0.528. The van der Waals surface area contributed by atoms with Gasteiger partial charge >= 0.3 is 11.9 Å². The van der Waals surface area contributed by atoms with Crippen molar-refractivity contribution in [3.63, 3.8) is 0 Å². The molecule has 0 aliphatic heterocycles. The maximum atomic E-state index is 12.2. The summed E-state index contributed by atoms with van der Waals surface area (Å²) >= 11 is 0. The Balaban J connectivity index is 2.60. The number of carbonyl (C=O) groups is 2. The third-order valence-electron chi connectivity index (χ3n) is 3.74. The molecule has 2 rings (SSSR count). The van der Waals surface area contributed by atoms with E-state index >= 15 is 0 Å². The summed E-state index contributed by atoms with van der Waals surface area (Å²) in [5, 5.41) is 1.36. The monoisotopic (exact) mass is 358 g/mol. The Bertz CT molecular complexity index is 792. The molecule has 0 spiro atoms. The van der Waals surface area contributed by atoms with Crippen molar-refractivity contribution in [1.29, 1.82) is 0 Å². The summed E-state index contributed by atoms with van der Waals surface area (Å²) in [7, 11) is 0. The summed E-state index contributed by atoms with van der Waals surface area (Å²) in [5.74, 6) is -0.0525. The van der Waals surface area contributed by atoms with Crippen molar-refractivity contribution in [2.75, 3.05) is 6.61 Å². The number of ether oxygens (including phenoxy) is 3. The van der Waals surface area contributed by atoms with Gasteiger partial charge in [-0.3, -0.25) is 9.59 Å². The van der Waals surface area contributed by atoms with Gasteiger partial charge in [-0.15, -0.1) is 0 Å². The van der Waals surface area contributed by atoms with Gasteiger partial charge < -0.3 is 14.2 Å². The predicted octanol–water partition coefficient (Wildman–Crippen LogP) is 4.75. The Kier molecular flexibility index (Phi) is 6.61. The largest absolute Gasteiger partial charge is 0.490 e. The molecule has 0 aliphatic carbocycles. The van der Waals surface area contributed by atoms with E-state index in [0.29, 0.717) is 34.6 Å². The standard InChI is InChI=1S/C21H26O5/c1-6-11-24-18-12-17(25-20(22)13(2)3)15-9-7-8-10-16(15)19(18)26-21(23)14(4)5/h7-10,12-14H,6,11H2,1-5H3. The number of hydrogen-bond acceptors (Lipinski definition) is 5. The highest BCUT2D eigenvalue weighted by Gasteiger charge is 2.21. The lowest BCUT2D eigenvalue weighted by atomic mass is 10.1. The molecule has 5 nitrogen and oxygen atoms in total. The first-order valence-corrected chi connectivity index (χ1v) is 8.97. The van der Waals surface area contributed by atoms with E-state index in [1.807, 2.05) is 31.2 Å². The fraction of sp³-hybridized carbons (Fsp3) is 0.429. The average molecular weight is 358 g/mol. The predicted molar refractivity (Wildman–Crippen MR) is 101 cm³/mol. The van der Waals surface area contributed by atoms with Crippen LogP contribution in [0.15, 0.2) is 30.3 Å². The molecular formula is C21H26O5. The molecule has 0 saturated heterocycles. The van der Waals surface area contributed by atoms with Crippen molar-refractivity contribution in [3.05, 3.63) is 30.3 Å². The van der Waals surface area contributed by atoms with Crippen LogP contribution in [0.25, 0.3) is 10.8 Å². The first-order valence-electron chi connectivity index (χ1n) is 8.97. The summed E-state index contributed by atoms with van der Waals surface area (Å²) in [6.07, 6.45) is 0.797. The minimum Gasteiger partial charge on any atom is -0.490 e. The number of carbonyl (C=O) groups excluding carboxylic acids is 2. The van der Waals surface area contributed by atoms with Crippen LogP contribution in [0, 0.1) is 11.8 Å². The molecule has 0 heterocycles. The number of benzene rings is 2. The smallest absolute Gasteiger partial charge is 0.313 e. The molecular weight excluding hydrogens is 332 g/mol. The Morgan fingerprint density at radius 2 is 1.46 bits per heavy atom. The average Bonchev–Trinajstić information content (AvgIpc) is 2.61. The van der Waals surface area contributed by atoms with Gasteiger partial charge in [0.2, 0.25) is 0 Å². The lowest BCUT2D eigenvalue weighted by Crippen LogP contribution is -2.17. The van der Waals surface area contributed by atoms with Crippen LogP contribution >= 0.6 is 0 Å². The van der Waals surface area contributed by atoms with E-state index in [1.54, 1.807) is 33.8 Å². The van der Waals surface area contributed by atoms with Crippen molar-refractivity contribution in [2.24, 2.45) is 11.8 Å². The van der Waals surface area contributed by atoms with Crippen molar-refractivity contribution < 1.29 is 23.8 Å². The summed E-state index contributed by atoms with van der Waals surface area (Å²) in [4.78, 5) is 24.3. The van der Waals surface area contributed by atoms with E-state index in [1.165, 1.54) is 0 Å². The van der Waals surface area contributed by atoms with Crippen LogP contribution in [0.2, 0.25) is 0 Å². The third kappa shape index (κ3) is 4.54. The highest BCUT2D eigenvalue weighted by Crippen LogP contribution is 2.42. The van der Waals surface area contributed by atoms with E-state index in [2.05, 4.69) is 0 Å². The minimum absolute atomic E-state index is 0.257. The molecule has 26 heavy (non-hydrogen) atoms. The third-order valence-corrected chi connectivity index (χ3v) is 3.74. The second-order valence-electron chi connectivity index (χ2n) is 6.75. The Morgan fingerprint density at radius 3 is 2.04 bits per heavy atom. The molecule has 0 aromatic heterocycles. The van der Waals surface area contributed by atoms with E-state index in [9.17, 15) is 9.59 Å². The Labute approximate surface area is 154 Å². The molecule has 0 fully saturated rings. The molecule has 0 amide bonds. The Morgan fingerprint density at radius 1 is 0.885 bits per heavy atom. The van der Waals surface area contributed by atoms with Crippen LogP contribution in [0.1, 0.15) is 41.0 Å². The Hall–Kier alpha value is -2.56. The van der Waals surface area contributed by atoms with Crippen LogP contribution < -0.4 is 14.2 Å². The molecule has 0 bridgehead atoms. The van der Waals surface area contributed by atoms with Gasteiger partial charge in [-0.1, -0.05) is 58.9 Å². The van der Waals surface area contributed by atoms with Crippen molar-refractivity contribution >= 4 is 22.7 Å². The van der Waals surface area contributed by atoms with Gasteiger partial charge in [-0.2, -0.15) is 0 Å². The fourth-order valence-corrected chi connectivity index (χ4v) is 2.24. The molecule has 0 radical (unpaired) electrons. The summed E-state index contributed by atoms with van der Waals surface area (Å²) in [6.45, 7) is 9.55. The normalized spacial score (nSPS) is 11.0. The van der Waals surface area contributed by atoms with Gasteiger partial charge in [0.15, 0.2) is 11.5 Å². The molecule has 0 saturated carbocycles. The van der Waals surface area contributed by atoms with Gasteiger partial charge in [0.05, 0.1) is 18.4 Å². The SMILES string of the molecule is CCCOc1cc(OC(=O)C(C)C)c2ccccc2c1OC(=O)C(C)C. The van der Waals surface area contributed by atoms with E-state index in [-0.39, 0.29) is 23.8 Å². The van der Waals surface area contributed by atoms with E-state index in [0.717, 1.165) is 6.42 Å². The number of fused-ring (bicyclic) bond motifs is 1. The fourth-order valence-electron chi connectivity index (χ4n) is 2.24. The van der Waals surface area contributed by atoms with Gasteiger partial charge in [-0.05, 0) is 6.42 Å². The maximum Gasteiger partial charge on any atom is 0.313 e. The molecule has 0 N–H and O–H groups in total.